The molecule has 5 heteroatoms. The molecule has 192 valence electrons. The molecule has 0 saturated heterocycles. The molecule has 3 rings (SSSR count). The van der Waals surface area contributed by atoms with Crippen molar-refractivity contribution in [2.24, 2.45) is 7.05 Å². The maximum atomic E-state index is 13.9. The van der Waals surface area contributed by atoms with Gasteiger partial charge in [-0.1, -0.05) is 61.9 Å². The summed E-state index contributed by atoms with van der Waals surface area (Å²) >= 11 is 1.69. The van der Waals surface area contributed by atoms with Crippen LogP contribution in [0.5, 0.6) is 0 Å². The number of unbranched alkanes of at least 4 members (excludes halogenated alkanes) is 4. The standard InChI is InChI=1S/C32H36N2O2S/c1-5-18-37-31-20-26(14-15-27(31)23-36-4)29-21-34(3)22-30(32(29)35)28-16-13-24(6-2)19-25(28)12-10-8-7-9-11-17-33/h5-6,13-16,19-22H,1-2,7-12,18,23H2,3-4H3. The topological polar surface area (TPSA) is 55.0 Å². The van der Waals surface area contributed by atoms with Gasteiger partial charge in [0.15, 0.2) is 5.43 Å². The summed E-state index contributed by atoms with van der Waals surface area (Å²) in [5.74, 6) is 0.785. The first-order valence-electron chi connectivity index (χ1n) is 12.7. The van der Waals surface area contributed by atoms with Gasteiger partial charge in [-0.05, 0) is 53.1 Å². The van der Waals surface area contributed by atoms with Gasteiger partial charge in [0, 0.05) is 54.7 Å². The molecule has 0 aliphatic rings. The molecule has 0 aliphatic heterocycles. The van der Waals surface area contributed by atoms with E-state index in [4.69, 9.17) is 10.00 Å². The summed E-state index contributed by atoms with van der Waals surface area (Å²) in [7, 11) is 3.66. The van der Waals surface area contributed by atoms with Gasteiger partial charge in [0.05, 0.1) is 12.7 Å². The summed E-state index contributed by atoms with van der Waals surface area (Å²) in [6, 6.07) is 14.6. The van der Waals surface area contributed by atoms with Crippen LogP contribution in [0.15, 0.2) is 77.7 Å². The van der Waals surface area contributed by atoms with Gasteiger partial charge in [-0.25, -0.2) is 0 Å². The van der Waals surface area contributed by atoms with Crippen LogP contribution in [-0.4, -0.2) is 17.4 Å². The van der Waals surface area contributed by atoms with Crippen LogP contribution in [0.25, 0.3) is 28.3 Å². The van der Waals surface area contributed by atoms with E-state index in [2.05, 4.69) is 37.4 Å². The van der Waals surface area contributed by atoms with E-state index < -0.39 is 0 Å². The molecule has 0 saturated carbocycles. The van der Waals surface area contributed by atoms with E-state index in [9.17, 15) is 4.79 Å². The zero-order valence-electron chi connectivity index (χ0n) is 22.0. The van der Waals surface area contributed by atoms with Crippen molar-refractivity contribution in [1.82, 2.24) is 4.57 Å². The summed E-state index contributed by atoms with van der Waals surface area (Å²) in [6.45, 7) is 8.29. The monoisotopic (exact) mass is 512 g/mol. The van der Waals surface area contributed by atoms with Crippen LogP contribution in [-0.2, 0) is 24.8 Å². The van der Waals surface area contributed by atoms with Crippen LogP contribution < -0.4 is 5.43 Å². The molecule has 3 aromatic rings. The van der Waals surface area contributed by atoms with Gasteiger partial charge in [-0.3, -0.25) is 4.79 Å². The summed E-state index contributed by atoms with van der Waals surface area (Å²) in [5, 5.41) is 8.76. The average Bonchev–Trinajstić information content (AvgIpc) is 2.91. The lowest BCUT2D eigenvalue weighted by Crippen LogP contribution is -2.13. The third kappa shape index (κ3) is 7.58. The predicted octanol–water partition coefficient (Wildman–Crippen LogP) is 7.80. The Labute approximate surface area is 225 Å². The molecule has 1 heterocycles. The second-order valence-corrected chi connectivity index (χ2v) is 10.2. The Morgan fingerprint density at radius 1 is 1.00 bits per heavy atom. The van der Waals surface area contributed by atoms with Gasteiger partial charge in [0.2, 0.25) is 0 Å². The Morgan fingerprint density at radius 3 is 2.51 bits per heavy atom. The highest BCUT2D eigenvalue weighted by atomic mass is 32.2. The highest BCUT2D eigenvalue weighted by Gasteiger charge is 2.16. The molecular weight excluding hydrogens is 476 g/mol. The highest BCUT2D eigenvalue weighted by molar-refractivity contribution is 7.99. The maximum Gasteiger partial charge on any atom is 0.197 e. The molecule has 4 nitrogen and oxygen atoms in total. The Bertz CT molecular complexity index is 1330. The first kappa shape index (κ1) is 28.2. The molecule has 0 spiro atoms. The summed E-state index contributed by atoms with van der Waals surface area (Å²) < 4.78 is 7.35. The zero-order chi connectivity index (χ0) is 26.6. The van der Waals surface area contributed by atoms with E-state index in [1.54, 1.807) is 18.9 Å². The van der Waals surface area contributed by atoms with Gasteiger partial charge in [0.1, 0.15) is 0 Å². The van der Waals surface area contributed by atoms with E-state index in [-0.39, 0.29) is 5.43 Å². The normalized spacial score (nSPS) is 10.7. The van der Waals surface area contributed by atoms with Crippen molar-refractivity contribution in [2.75, 3.05) is 12.9 Å². The Kier molecular flexibility index (Phi) is 11.0. The summed E-state index contributed by atoms with van der Waals surface area (Å²) in [6.07, 6.45) is 13.1. The summed E-state index contributed by atoms with van der Waals surface area (Å²) in [5.41, 5.74) is 6.59. The zero-order valence-corrected chi connectivity index (χ0v) is 22.8. The Balaban J connectivity index is 2.02. The average molecular weight is 513 g/mol. The van der Waals surface area contributed by atoms with Gasteiger partial charge in [-0.2, -0.15) is 5.26 Å². The van der Waals surface area contributed by atoms with E-state index in [1.807, 2.05) is 54.4 Å². The van der Waals surface area contributed by atoms with Crippen molar-refractivity contribution in [3.63, 3.8) is 0 Å². The van der Waals surface area contributed by atoms with Crippen LogP contribution in [0, 0.1) is 11.3 Å². The molecule has 0 aliphatic carbocycles. The molecule has 0 unspecified atom stereocenters. The fraction of sp³-hybridized carbons (Fsp3) is 0.312. The number of hydrogen-bond donors (Lipinski definition) is 0. The lowest BCUT2D eigenvalue weighted by Gasteiger charge is -2.15. The number of rotatable bonds is 14. The van der Waals surface area contributed by atoms with E-state index in [0.29, 0.717) is 24.2 Å². The second-order valence-electron chi connectivity index (χ2n) is 9.13. The first-order valence-corrected chi connectivity index (χ1v) is 13.7. The molecule has 0 bridgehead atoms. The number of nitrogens with zero attached hydrogens (tertiary/aromatic N) is 2. The molecule has 0 amide bonds. The molecule has 0 radical (unpaired) electrons. The number of hydrogen-bond acceptors (Lipinski definition) is 4. The minimum Gasteiger partial charge on any atom is -0.380 e. The van der Waals surface area contributed by atoms with Crippen LogP contribution in [0.2, 0.25) is 0 Å². The Morgan fingerprint density at radius 2 is 1.78 bits per heavy atom. The number of aryl methyl sites for hydroxylation is 2. The number of ether oxygens (including phenoxy) is 1. The number of methoxy groups -OCH3 is 1. The van der Waals surface area contributed by atoms with Crippen molar-refractivity contribution in [2.45, 2.75) is 50.0 Å². The smallest absolute Gasteiger partial charge is 0.197 e. The van der Waals surface area contributed by atoms with Crippen LogP contribution in [0.3, 0.4) is 0 Å². The lowest BCUT2D eigenvalue weighted by atomic mass is 9.92. The van der Waals surface area contributed by atoms with Crippen LogP contribution >= 0.6 is 11.8 Å². The van der Waals surface area contributed by atoms with E-state index in [0.717, 1.165) is 70.6 Å². The van der Waals surface area contributed by atoms with Gasteiger partial charge >= 0.3 is 0 Å². The lowest BCUT2D eigenvalue weighted by molar-refractivity contribution is 0.183. The molecule has 0 fully saturated rings. The summed E-state index contributed by atoms with van der Waals surface area (Å²) in [4.78, 5) is 15.0. The quantitative estimate of drug-likeness (QED) is 0.126. The SMILES string of the molecule is C=CCSc1cc(-c2cn(C)cc(-c3ccc(C=C)cc3CCCCCCC#N)c2=O)ccc1COC. The highest BCUT2D eigenvalue weighted by Crippen LogP contribution is 2.31. The molecule has 1 aromatic heterocycles. The minimum atomic E-state index is 0.0267. The van der Waals surface area contributed by atoms with Crippen molar-refractivity contribution in [3.8, 4) is 28.3 Å². The first-order chi connectivity index (χ1) is 18.0. The second kappa shape index (κ2) is 14.4. The Hall–Kier alpha value is -3.33. The molecule has 0 atom stereocenters. The van der Waals surface area contributed by atoms with Crippen LogP contribution in [0.4, 0.5) is 0 Å². The van der Waals surface area contributed by atoms with Crippen LogP contribution in [0.1, 0.15) is 48.8 Å². The fourth-order valence-corrected chi connectivity index (χ4v) is 5.29. The maximum absolute atomic E-state index is 13.9. The van der Waals surface area contributed by atoms with Crippen molar-refractivity contribution < 1.29 is 4.74 Å². The van der Waals surface area contributed by atoms with Crippen molar-refractivity contribution >= 4 is 17.8 Å². The third-order valence-corrected chi connectivity index (χ3v) is 7.42. The molecule has 0 N–H and O–H groups in total. The number of nitriles is 1. The van der Waals surface area contributed by atoms with Gasteiger partial charge < -0.3 is 9.30 Å². The number of benzene rings is 2. The molecule has 37 heavy (non-hydrogen) atoms. The number of thioether (sulfide) groups is 1. The van der Waals surface area contributed by atoms with E-state index in [1.165, 1.54) is 0 Å². The number of pyridine rings is 1. The predicted molar refractivity (Wildman–Crippen MR) is 157 cm³/mol. The van der Waals surface area contributed by atoms with Crippen molar-refractivity contribution in [1.29, 1.82) is 5.26 Å². The largest absolute Gasteiger partial charge is 0.380 e. The number of aromatic nitrogens is 1. The fourth-order valence-electron chi connectivity index (χ4n) is 4.47. The van der Waals surface area contributed by atoms with Gasteiger partial charge in [-0.15, -0.1) is 18.3 Å². The molecule has 2 aromatic carbocycles. The molecular formula is C32H36N2O2S. The van der Waals surface area contributed by atoms with Crippen molar-refractivity contribution in [3.05, 3.63) is 94.9 Å². The third-order valence-electron chi connectivity index (χ3n) is 6.33. The van der Waals surface area contributed by atoms with E-state index >= 15 is 0 Å². The van der Waals surface area contributed by atoms with Gasteiger partial charge in [0.25, 0.3) is 0 Å². The minimum absolute atomic E-state index is 0.0267.